The van der Waals surface area contributed by atoms with Gasteiger partial charge in [-0.25, -0.2) is 9.13 Å². The van der Waals surface area contributed by atoms with Crippen molar-refractivity contribution in [1.82, 2.24) is 0 Å². The molecule has 1 atom stereocenters. The number of nitrogens with one attached hydrogen (secondary N) is 1. The van der Waals surface area contributed by atoms with Gasteiger partial charge in [0.25, 0.3) is 0 Å². The summed E-state index contributed by atoms with van der Waals surface area (Å²) >= 11 is 0. The Morgan fingerprint density at radius 1 is 1.21 bits per heavy atom. The number of phosphoric acid groups is 2. The molecule has 0 saturated heterocycles. The van der Waals surface area contributed by atoms with E-state index in [0.717, 1.165) is 23.3 Å². The summed E-state index contributed by atoms with van der Waals surface area (Å²) in [4.78, 5) is 26.2. The number of anilines is 1. The lowest BCUT2D eigenvalue weighted by Gasteiger charge is -2.11. The Balaban J connectivity index is 2.38. The standard InChI is InChI=1S/C17H24N2O7P2/c1-14(9-10-25-28(23,24)26-27(20,21)22)5-3-6-15(2)13-19-17-8-4-7-16(11-17)12-18/h4,6-9,11,19H,3,5,10,13H2,1-2H3,(H,23,24)(H2,20,21,22)/b14-9+,15-6+. The minimum Gasteiger partial charge on any atom is -0.381 e. The van der Waals surface area contributed by atoms with Crippen LogP contribution in [0.2, 0.25) is 0 Å². The molecule has 0 amide bonds. The fourth-order valence-electron chi connectivity index (χ4n) is 2.09. The highest BCUT2D eigenvalue weighted by Crippen LogP contribution is 2.57. The third-order valence-corrected chi connectivity index (χ3v) is 5.63. The predicted molar refractivity (Wildman–Crippen MR) is 105 cm³/mol. The number of allylic oxidation sites excluding steroid dienone is 2. The maximum atomic E-state index is 11.3. The number of hydrogen-bond donors (Lipinski definition) is 4. The molecule has 0 fully saturated rings. The van der Waals surface area contributed by atoms with E-state index in [9.17, 15) is 9.13 Å². The molecule has 0 radical (unpaired) electrons. The minimum absolute atomic E-state index is 0.306. The van der Waals surface area contributed by atoms with Gasteiger partial charge in [-0.05, 0) is 44.9 Å². The molecule has 0 spiro atoms. The second kappa shape index (κ2) is 11.3. The molecule has 4 N–H and O–H groups in total. The van der Waals surface area contributed by atoms with Crippen molar-refractivity contribution >= 4 is 21.3 Å². The molecular weight excluding hydrogens is 406 g/mol. The van der Waals surface area contributed by atoms with E-state index in [0.29, 0.717) is 18.5 Å². The lowest BCUT2D eigenvalue weighted by Crippen LogP contribution is -2.02. The first-order valence-electron chi connectivity index (χ1n) is 8.30. The lowest BCUT2D eigenvalue weighted by molar-refractivity contribution is 0.191. The summed E-state index contributed by atoms with van der Waals surface area (Å²) in [7, 11) is -9.91. The van der Waals surface area contributed by atoms with Crippen molar-refractivity contribution in [2.24, 2.45) is 0 Å². The quantitative estimate of drug-likeness (QED) is 0.303. The van der Waals surface area contributed by atoms with E-state index in [1.807, 2.05) is 32.1 Å². The summed E-state index contributed by atoms with van der Waals surface area (Å²) in [6.07, 6.45) is 5.01. The summed E-state index contributed by atoms with van der Waals surface area (Å²) in [5, 5.41) is 12.1. The summed E-state index contributed by atoms with van der Waals surface area (Å²) in [5.41, 5.74) is 3.45. The van der Waals surface area contributed by atoms with Crippen molar-refractivity contribution in [2.75, 3.05) is 18.5 Å². The second-order valence-corrected chi connectivity index (χ2v) is 8.85. The molecule has 1 aromatic rings. The van der Waals surface area contributed by atoms with E-state index in [1.165, 1.54) is 0 Å². The van der Waals surface area contributed by atoms with E-state index in [1.54, 1.807) is 18.2 Å². The molecule has 1 aromatic carbocycles. The van der Waals surface area contributed by atoms with Crippen LogP contribution in [0.15, 0.2) is 47.6 Å². The van der Waals surface area contributed by atoms with Crippen molar-refractivity contribution < 1.29 is 32.6 Å². The molecule has 154 valence electrons. The first-order chi connectivity index (χ1) is 13.0. The monoisotopic (exact) mass is 430 g/mol. The number of nitrogens with zero attached hydrogens (tertiary/aromatic N) is 1. The Kier molecular flexibility index (Phi) is 9.80. The van der Waals surface area contributed by atoms with Crippen molar-refractivity contribution in [1.29, 1.82) is 5.26 Å². The zero-order valence-corrected chi connectivity index (χ0v) is 17.4. The number of nitriles is 1. The summed E-state index contributed by atoms with van der Waals surface area (Å²) in [5.74, 6) is 0. The molecule has 0 aliphatic carbocycles. The predicted octanol–water partition coefficient (Wildman–Crippen LogP) is 3.87. The normalized spacial score (nSPS) is 15.0. The van der Waals surface area contributed by atoms with Crippen molar-refractivity contribution in [3.63, 3.8) is 0 Å². The SMILES string of the molecule is C/C(=C\COP(=O)(O)OP(=O)(O)O)CC/C=C(\C)CNc1cccc(C#N)c1. The van der Waals surface area contributed by atoms with Gasteiger partial charge in [-0.3, -0.25) is 4.52 Å². The molecule has 0 bridgehead atoms. The van der Waals surface area contributed by atoms with Gasteiger partial charge in [-0.1, -0.05) is 29.4 Å². The highest BCUT2D eigenvalue weighted by molar-refractivity contribution is 7.60. The molecule has 28 heavy (non-hydrogen) atoms. The number of rotatable bonds is 11. The third kappa shape index (κ3) is 11.2. The van der Waals surface area contributed by atoms with Crippen LogP contribution in [0, 0.1) is 11.3 Å². The Labute approximate surface area is 164 Å². The van der Waals surface area contributed by atoms with Crippen molar-refractivity contribution in [3.05, 3.63) is 53.1 Å². The van der Waals surface area contributed by atoms with Gasteiger partial charge < -0.3 is 20.0 Å². The van der Waals surface area contributed by atoms with Crippen LogP contribution in [0.1, 0.15) is 32.3 Å². The van der Waals surface area contributed by atoms with E-state index >= 15 is 0 Å². The first-order valence-corrected chi connectivity index (χ1v) is 11.3. The number of hydrogen-bond acceptors (Lipinski definition) is 6. The van der Waals surface area contributed by atoms with Gasteiger partial charge in [0.2, 0.25) is 0 Å². The van der Waals surface area contributed by atoms with E-state index in [2.05, 4.69) is 20.2 Å². The summed E-state index contributed by atoms with van der Waals surface area (Å²) in [6, 6.07) is 9.30. The minimum atomic E-state index is -5.10. The van der Waals surface area contributed by atoms with Gasteiger partial charge in [-0.2, -0.15) is 9.57 Å². The Morgan fingerprint density at radius 3 is 2.57 bits per heavy atom. The molecule has 0 aliphatic rings. The van der Waals surface area contributed by atoms with Crippen LogP contribution >= 0.6 is 15.6 Å². The van der Waals surface area contributed by atoms with Gasteiger partial charge in [0, 0.05) is 12.2 Å². The molecule has 0 saturated carbocycles. The zero-order chi connectivity index (χ0) is 21.2. The van der Waals surface area contributed by atoms with Crippen LogP contribution < -0.4 is 5.32 Å². The van der Waals surface area contributed by atoms with Crippen LogP contribution in [-0.4, -0.2) is 27.8 Å². The van der Waals surface area contributed by atoms with Crippen LogP contribution in [0.5, 0.6) is 0 Å². The fraction of sp³-hybridized carbons (Fsp3) is 0.353. The Hall–Kier alpha value is -1.75. The highest BCUT2D eigenvalue weighted by Gasteiger charge is 2.31. The number of phosphoric ester groups is 1. The van der Waals surface area contributed by atoms with Crippen LogP contribution in [0.3, 0.4) is 0 Å². The van der Waals surface area contributed by atoms with Gasteiger partial charge in [0.05, 0.1) is 18.2 Å². The number of benzene rings is 1. The summed E-state index contributed by atoms with van der Waals surface area (Å²) < 4.78 is 30.0. The van der Waals surface area contributed by atoms with Crippen LogP contribution in [-0.2, 0) is 18.0 Å². The molecule has 0 aliphatic heterocycles. The average molecular weight is 430 g/mol. The van der Waals surface area contributed by atoms with Crippen LogP contribution in [0.4, 0.5) is 5.69 Å². The maximum Gasteiger partial charge on any atom is 0.481 e. The second-order valence-electron chi connectivity index (χ2n) is 6.02. The zero-order valence-electron chi connectivity index (χ0n) is 15.6. The van der Waals surface area contributed by atoms with Gasteiger partial charge in [0.1, 0.15) is 0 Å². The lowest BCUT2D eigenvalue weighted by atomic mass is 10.1. The van der Waals surface area contributed by atoms with Gasteiger partial charge in [-0.15, -0.1) is 0 Å². The van der Waals surface area contributed by atoms with Crippen LogP contribution in [0.25, 0.3) is 0 Å². The van der Waals surface area contributed by atoms with E-state index in [4.69, 9.17) is 19.9 Å². The third-order valence-electron chi connectivity index (χ3n) is 3.47. The van der Waals surface area contributed by atoms with E-state index < -0.39 is 15.6 Å². The molecule has 11 heteroatoms. The first kappa shape index (κ1) is 24.3. The van der Waals surface area contributed by atoms with Gasteiger partial charge >= 0.3 is 15.6 Å². The largest absolute Gasteiger partial charge is 0.481 e. The fourth-order valence-corrected chi connectivity index (χ4v) is 3.62. The van der Waals surface area contributed by atoms with Crippen molar-refractivity contribution in [3.8, 4) is 6.07 Å². The summed E-state index contributed by atoms with van der Waals surface area (Å²) in [6.45, 7) is 4.11. The van der Waals surface area contributed by atoms with Crippen molar-refractivity contribution in [2.45, 2.75) is 26.7 Å². The molecular formula is C17H24N2O7P2. The molecule has 0 heterocycles. The highest BCUT2D eigenvalue weighted by atomic mass is 31.3. The molecule has 0 aromatic heterocycles. The van der Waals surface area contributed by atoms with E-state index in [-0.39, 0.29) is 6.61 Å². The topological polar surface area (TPSA) is 149 Å². The van der Waals surface area contributed by atoms with Gasteiger partial charge in [0.15, 0.2) is 0 Å². The maximum absolute atomic E-state index is 11.3. The smallest absolute Gasteiger partial charge is 0.381 e. The molecule has 1 unspecified atom stereocenters. The Bertz CT molecular complexity index is 855. The average Bonchev–Trinajstić information content (AvgIpc) is 2.58. The molecule has 9 nitrogen and oxygen atoms in total. The Morgan fingerprint density at radius 2 is 1.93 bits per heavy atom. The molecule has 1 rings (SSSR count).